The molecule has 2 aromatic heterocycles. The maximum absolute atomic E-state index is 12.7. The zero-order valence-electron chi connectivity index (χ0n) is 15.9. The lowest BCUT2D eigenvalue weighted by Crippen LogP contribution is -2.33. The van der Waals surface area contributed by atoms with E-state index in [0.717, 1.165) is 15.0 Å². The number of nitrogens with zero attached hydrogens (tertiary/aromatic N) is 6. The summed E-state index contributed by atoms with van der Waals surface area (Å²) in [5.74, 6) is -1.75. The van der Waals surface area contributed by atoms with Crippen molar-refractivity contribution in [2.45, 2.75) is 6.54 Å². The number of aromatic nitrogens is 6. The summed E-state index contributed by atoms with van der Waals surface area (Å²) in [6.07, 6.45) is 1.29. The Morgan fingerprint density at radius 1 is 1.00 bits per heavy atom. The van der Waals surface area contributed by atoms with E-state index in [1.54, 1.807) is 0 Å². The first-order valence-corrected chi connectivity index (χ1v) is 9.07. The van der Waals surface area contributed by atoms with E-state index < -0.39 is 17.4 Å². The lowest BCUT2D eigenvalue weighted by molar-refractivity contribution is 0.0696. The number of hydrogen-bond donors (Lipinski definition) is 2. The van der Waals surface area contributed by atoms with E-state index in [1.807, 2.05) is 30.3 Å². The molecule has 0 aliphatic heterocycles. The van der Waals surface area contributed by atoms with Crippen LogP contribution in [-0.4, -0.2) is 47.0 Å². The smallest absolute Gasteiger partial charge is 0.335 e. The van der Waals surface area contributed by atoms with E-state index in [1.165, 1.54) is 36.5 Å². The number of carboxylic acid groups (broad SMARTS) is 1. The van der Waals surface area contributed by atoms with Crippen LogP contribution >= 0.6 is 0 Å². The molecule has 2 N–H and O–H groups in total. The summed E-state index contributed by atoms with van der Waals surface area (Å²) in [6, 6.07) is 16.4. The standard InChI is InChI=1S/C20H15N7O4/c28-17(21-12-13-4-2-1-3-5-13)16-10-11-22-26(18(16)29)20-23-25-27(24-20)15-8-6-14(7-9-15)19(30)31/h1-11H,12H2,(H,21,28)(H,30,31). The highest BCUT2D eigenvalue weighted by molar-refractivity contribution is 5.93. The minimum Gasteiger partial charge on any atom is -0.478 e. The molecule has 0 spiro atoms. The summed E-state index contributed by atoms with van der Waals surface area (Å²) < 4.78 is 0.868. The van der Waals surface area contributed by atoms with Gasteiger partial charge in [-0.1, -0.05) is 35.4 Å². The molecule has 1 amide bonds. The minimum atomic E-state index is -1.06. The van der Waals surface area contributed by atoms with Gasteiger partial charge in [-0.15, -0.1) is 9.90 Å². The van der Waals surface area contributed by atoms with E-state index >= 15 is 0 Å². The first-order chi connectivity index (χ1) is 15.0. The third-order valence-corrected chi connectivity index (χ3v) is 4.32. The number of carboxylic acids is 1. The van der Waals surface area contributed by atoms with Gasteiger partial charge in [0, 0.05) is 12.7 Å². The summed E-state index contributed by atoms with van der Waals surface area (Å²) in [7, 11) is 0. The second kappa shape index (κ2) is 8.37. The maximum atomic E-state index is 12.7. The molecule has 31 heavy (non-hydrogen) atoms. The first-order valence-electron chi connectivity index (χ1n) is 9.07. The Kier molecular flexibility index (Phi) is 5.30. The molecule has 154 valence electrons. The Hall–Kier alpha value is -4.67. The van der Waals surface area contributed by atoms with Gasteiger partial charge in [-0.25, -0.2) is 4.79 Å². The van der Waals surface area contributed by atoms with Crippen LogP contribution in [0.1, 0.15) is 26.3 Å². The number of carbonyl (C=O) groups excluding carboxylic acids is 1. The van der Waals surface area contributed by atoms with Crippen LogP contribution in [0.2, 0.25) is 0 Å². The molecule has 0 bridgehead atoms. The lowest BCUT2D eigenvalue weighted by Gasteiger charge is -2.06. The topological polar surface area (TPSA) is 145 Å². The van der Waals surface area contributed by atoms with Gasteiger partial charge in [-0.3, -0.25) is 9.59 Å². The molecule has 0 aliphatic rings. The molecule has 2 aromatic carbocycles. The Morgan fingerprint density at radius 2 is 1.74 bits per heavy atom. The van der Waals surface area contributed by atoms with Crippen molar-refractivity contribution in [2.75, 3.05) is 0 Å². The number of benzene rings is 2. The molecule has 11 heteroatoms. The van der Waals surface area contributed by atoms with E-state index in [2.05, 4.69) is 25.8 Å². The van der Waals surface area contributed by atoms with Gasteiger partial charge in [0.05, 0.1) is 11.3 Å². The van der Waals surface area contributed by atoms with Crippen molar-refractivity contribution in [3.05, 3.63) is 93.9 Å². The number of amides is 1. The van der Waals surface area contributed by atoms with E-state index in [4.69, 9.17) is 5.11 Å². The molecule has 0 fully saturated rings. The highest BCUT2D eigenvalue weighted by atomic mass is 16.4. The zero-order chi connectivity index (χ0) is 21.8. The summed E-state index contributed by atoms with van der Waals surface area (Å²) in [5, 5.41) is 27.3. The van der Waals surface area contributed by atoms with Crippen LogP contribution in [-0.2, 0) is 6.54 Å². The third-order valence-electron chi connectivity index (χ3n) is 4.32. The number of hydrogen-bond acceptors (Lipinski definition) is 7. The van der Waals surface area contributed by atoms with Crippen LogP contribution < -0.4 is 10.9 Å². The van der Waals surface area contributed by atoms with Gasteiger partial charge in [0.1, 0.15) is 5.56 Å². The Balaban J connectivity index is 1.56. The van der Waals surface area contributed by atoms with Crippen molar-refractivity contribution in [3.63, 3.8) is 0 Å². The molecule has 4 rings (SSSR count). The van der Waals surface area contributed by atoms with Crippen LogP contribution in [0.15, 0.2) is 71.7 Å². The van der Waals surface area contributed by atoms with E-state index in [-0.39, 0.29) is 23.6 Å². The van der Waals surface area contributed by atoms with E-state index in [0.29, 0.717) is 5.69 Å². The van der Waals surface area contributed by atoms with Gasteiger partial charge in [0.2, 0.25) is 0 Å². The molecule has 0 atom stereocenters. The monoisotopic (exact) mass is 417 g/mol. The largest absolute Gasteiger partial charge is 0.478 e. The van der Waals surface area contributed by atoms with Gasteiger partial charge in [0.15, 0.2) is 0 Å². The number of nitrogens with one attached hydrogen (secondary N) is 1. The molecule has 0 saturated heterocycles. The van der Waals surface area contributed by atoms with Gasteiger partial charge in [0.25, 0.3) is 17.4 Å². The molecule has 0 unspecified atom stereocenters. The van der Waals surface area contributed by atoms with Gasteiger partial charge in [-0.05, 0) is 41.1 Å². The first kappa shape index (κ1) is 19.6. The third kappa shape index (κ3) is 4.19. The number of carbonyl (C=O) groups is 2. The quantitative estimate of drug-likeness (QED) is 0.469. The van der Waals surface area contributed by atoms with Crippen LogP contribution in [0.4, 0.5) is 0 Å². The Morgan fingerprint density at radius 3 is 2.45 bits per heavy atom. The van der Waals surface area contributed by atoms with Gasteiger partial charge < -0.3 is 10.4 Å². The van der Waals surface area contributed by atoms with Crippen molar-refractivity contribution in [3.8, 4) is 11.6 Å². The lowest BCUT2D eigenvalue weighted by atomic mass is 10.2. The zero-order valence-corrected chi connectivity index (χ0v) is 15.9. The summed E-state index contributed by atoms with van der Waals surface area (Å²) >= 11 is 0. The summed E-state index contributed by atoms with van der Waals surface area (Å²) in [5.41, 5.74) is 0.621. The van der Waals surface area contributed by atoms with Crippen molar-refractivity contribution in [1.29, 1.82) is 0 Å². The highest BCUT2D eigenvalue weighted by Gasteiger charge is 2.17. The van der Waals surface area contributed by atoms with Gasteiger partial charge in [-0.2, -0.15) is 9.78 Å². The fourth-order valence-corrected chi connectivity index (χ4v) is 2.74. The van der Waals surface area contributed by atoms with Crippen molar-refractivity contribution in [2.24, 2.45) is 0 Å². The molecule has 0 aliphatic carbocycles. The van der Waals surface area contributed by atoms with E-state index in [9.17, 15) is 14.4 Å². The Labute approximate surface area is 174 Å². The normalized spacial score (nSPS) is 10.6. The fourth-order valence-electron chi connectivity index (χ4n) is 2.74. The molecule has 11 nitrogen and oxygen atoms in total. The van der Waals surface area contributed by atoms with Crippen molar-refractivity contribution in [1.82, 2.24) is 35.3 Å². The predicted octanol–water partition coefficient (Wildman–Crippen LogP) is 0.836. The summed E-state index contributed by atoms with van der Waals surface area (Å²) in [6.45, 7) is 0.266. The minimum absolute atomic E-state index is 0.108. The highest BCUT2D eigenvalue weighted by Crippen LogP contribution is 2.08. The van der Waals surface area contributed by atoms with Crippen LogP contribution in [0, 0.1) is 0 Å². The van der Waals surface area contributed by atoms with Crippen LogP contribution in [0.3, 0.4) is 0 Å². The van der Waals surface area contributed by atoms with Crippen LogP contribution in [0.25, 0.3) is 11.6 Å². The summed E-state index contributed by atoms with van der Waals surface area (Å²) in [4.78, 5) is 37.3. The maximum Gasteiger partial charge on any atom is 0.335 e. The number of tetrazole rings is 1. The molecule has 4 aromatic rings. The molecule has 0 radical (unpaired) electrons. The molecular formula is C20H15N7O4. The van der Waals surface area contributed by atoms with Crippen LogP contribution in [0.5, 0.6) is 0 Å². The molecule has 0 saturated carbocycles. The second-order valence-corrected chi connectivity index (χ2v) is 6.36. The average molecular weight is 417 g/mol. The molecule has 2 heterocycles. The van der Waals surface area contributed by atoms with Crippen molar-refractivity contribution >= 4 is 11.9 Å². The predicted molar refractivity (Wildman–Crippen MR) is 107 cm³/mol. The van der Waals surface area contributed by atoms with Gasteiger partial charge >= 0.3 is 5.97 Å². The fraction of sp³-hybridized carbons (Fsp3) is 0.0500. The Bertz CT molecular complexity index is 1300. The number of rotatable bonds is 6. The number of aromatic carboxylic acids is 1. The molecular weight excluding hydrogens is 402 g/mol. The second-order valence-electron chi connectivity index (χ2n) is 6.36. The SMILES string of the molecule is O=C(O)c1ccc(-n2nnc(-n3nccc(C(=O)NCc4ccccc4)c3=O)n2)cc1. The van der Waals surface area contributed by atoms with Crippen molar-refractivity contribution < 1.29 is 14.7 Å². The average Bonchev–Trinajstić information content (AvgIpc) is 3.28.